The van der Waals surface area contributed by atoms with E-state index >= 15 is 4.39 Å². The van der Waals surface area contributed by atoms with E-state index in [1.165, 1.54) is 0 Å². The summed E-state index contributed by atoms with van der Waals surface area (Å²) in [5, 5.41) is 10.4. The summed E-state index contributed by atoms with van der Waals surface area (Å²) >= 11 is 0. The molecule has 5 aliphatic carbocycles. The summed E-state index contributed by atoms with van der Waals surface area (Å²) in [5.74, 6) is 1.75. The van der Waals surface area contributed by atoms with Gasteiger partial charge >= 0.3 is 0 Å². The van der Waals surface area contributed by atoms with Gasteiger partial charge in [-0.3, -0.25) is 4.79 Å². The predicted octanol–water partition coefficient (Wildman–Crippen LogP) is 3.66. The van der Waals surface area contributed by atoms with Crippen LogP contribution in [0.4, 0.5) is 4.39 Å². The highest BCUT2D eigenvalue weighted by molar-refractivity contribution is 5.87. The molecule has 3 heteroatoms. The van der Waals surface area contributed by atoms with E-state index < -0.39 is 11.3 Å². The minimum absolute atomic E-state index is 0.0916. The number of rotatable bonds is 0. The monoisotopic (exact) mass is 306 g/mol. The van der Waals surface area contributed by atoms with Gasteiger partial charge in [0.25, 0.3) is 0 Å². The smallest absolute Gasteiger partial charge is 0.139 e. The maximum Gasteiger partial charge on any atom is 0.139 e. The van der Waals surface area contributed by atoms with E-state index in [1.54, 1.807) is 0 Å². The number of Topliss-reactive ketones (excluding diaryl/α,β-unsaturated/α-hetero) is 1. The van der Waals surface area contributed by atoms with Crippen LogP contribution in [0.2, 0.25) is 0 Å². The van der Waals surface area contributed by atoms with Crippen LogP contribution in [0, 0.1) is 35.0 Å². The molecule has 0 heterocycles. The number of alkyl halides is 1. The van der Waals surface area contributed by atoms with Gasteiger partial charge in [-0.1, -0.05) is 6.92 Å². The Kier molecular flexibility index (Phi) is 2.51. The number of carbonyl (C=O) groups is 1. The van der Waals surface area contributed by atoms with Crippen molar-refractivity contribution >= 4 is 5.78 Å². The third-order valence-corrected chi connectivity index (χ3v) is 8.72. The Labute approximate surface area is 131 Å². The van der Waals surface area contributed by atoms with Crippen molar-refractivity contribution < 1.29 is 14.3 Å². The van der Waals surface area contributed by atoms with Crippen molar-refractivity contribution in [2.45, 2.75) is 76.0 Å². The molecule has 0 radical (unpaired) electrons. The molecule has 0 aromatic carbocycles. The van der Waals surface area contributed by atoms with Gasteiger partial charge in [-0.25, -0.2) is 4.39 Å². The fraction of sp³-hybridized carbons (Fsp3) is 0.947. The lowest BCUT2D eigenvalue weighted by atomic mass is 9.49. The number of hydrogen-bond acceptors (Lipinski definition) is 2. The molecular formula is C19H27FO2. The Balaban J connectivity index is 1.48. The van der Waals surface area contributed by atoms with E-state index in [0.29, 0.717) is 30.5 Å². The molecule has 0 aromatic heterocycles. The first kappa shape index (κ1) is 13.9. The summed E-state index contributed by atoms with van der Waals surface area (Å²) in [6, 6.07) is 0. The highest BCUT2D eigenvalue weighted by Crippen LogP contribution is 2.69. The van der Waals surface area contributed by atoms with E-state index in [0.717, 1.165) is 44.9 Å². The van der Waals surface area contributed by atoms with Gasteiger partial charge in [0.1, 0.15) is 11.5 Å². The zero-order valence-corrected chi connectivity index (χ0v) is 13.5. The number of carbonyl (C=O) groups excluding carboxylic acids is 1. The normalized spacial score (nSPS) is 62.7. The van der Waals surface area contributed by atoms with Crippen molar-refractivity contribution in [1.29, 1.82) is 0 Å². The summed E-state index contributed by atoms with van der Waals surface area (Å²) < 4.78 is 16.1. The summed E-state index contributed by atoms with van der Waals surface area (Å²) in [5.41, 5.74) is -1.72. The zero-order chi connectivity index (χ0) is 15.3. The van der Waals surface area contributed by atoms with Crippen LogP contribution < -0.4 is 0 Å². The van der Waals surface area contributed by atoms with Gasteiger partial charge < -0.3 is 5.11 Å². The number of hydrogen-bond donors (Lipinski definition) is 1. The van der Waals surface area contributed by atoms with Crippen LogP contribution in [0.15, 0.2) is 0 Å². The maximum atomic E-state index is 16.1. The van der Waals surface area contributed by atoms with Crippen LogP contribution >= 0.6 is 0 Å². The second-order valence-electron chi connectivity index (χ2n) is 9.32. The Hall–Kier alpha value is -0.440. The fourth-order valence-corrected chi connectivity index (χ4v) is 7.38. The maximum absolute atomic E-state index is 16.1. The van der Waals surface area contributed by atoms with Gasteiger partial charge in [0.2, 0.25) is 0 Å². The molecule has 22 heavy (non-hydrogen) atoms. The van der Waals surface area contributed by atoms with E-state index in [1.807, 2.05) is 0 Å². The molecule has 5 rings (SSSR count). The standard InChI is InChI=1S/C19H27FO2/c1-17-7-6-13-11(12(17)4-5-16(17)21)2-3-14-15-10-18(15,22)8-9-19(13,14)20/h11-15,22H,2-10H2,1H3/t11-,12?,13?,14+,15?,17-,18-,19-/m0/s1. The first-order valence-corrected chi connectivity index (χ1v) is 9.33. The van der Waals surface area contributed by atoms with Crippen LogP contribution in [0.1, 0.15) is 64.7 Å². The largest absolute Gasteiger partial charge is 0.390 e. The van der Waals surface area contributed by atoms with E-state index in [9.17, 15) is 9.90 Å². The van der Waals surface area contributed by atoms with Crippen LogP contribution in [-0.4, -0.2) is 22.2 Å². The Morgan fingerprint density at radius 3 is 2.64 bits per heavy atom. The number of halogens is 1. The third-order valence-electron chi connectivity index (χ3n) is 8.72. The van der Waals surface area contributed by atoms with Gasteiger partial charge in [-0.2, -0.15) is 0 Å². The Morgan fingerprint density at radius 1 is 1.00 bits per heavy atom. The lowest BCUT2D eigenvalue weighted by Crippen LogP contribution is -2.57. The van der Waals surface area contributed by atoms with Crippen LogP contribution in [0.5, 0.6) is 0 Å². The molecule has 2 nitrogen and oxygen atoms in total. The SMILES string of the molecule is C[C@]12CCC3[C@@H](CC[C@@H]4C5C[C@@]5(O)CC[C@]34F)C1CCC2=O. The summed E-state index contributed by atoms with van der Waals surface area (Å²) in [7, 11) is 0. The quantitative estimate of drug-likeness (QED) is 0.741. The number of aliphatic hydroxyl groups is 1. The minimum Gasteiger partial charge on any atom is -0.390 e. The van der Waals surface area contributed by atoms with Gasteiger partial charge in [0.15, 0.2) is 0 Å². The topological polar surface area (TPSA) is 37.3 Å². The molecular weight excluding hydrogens is 279 g/mol. The molecule has 0 spiro atoms. The third kappa shape index (κ3) is 1.48. The molecule has 0 amide bonds. The Bertz CT molecular complexity index is 548. The van der Waals surface area contributed by atoms with E-state index in [-0.39, 0.29) is 23.2 Å². The molecule has 3 unspecified atom stereocenters. The van der Waals surface area contributed by atoms with Crippen LogP contribution in [0.3, 0.4) is 0 Å². The zero-order valence-electron chi connectivity index (χ0n) is 13.5. The van der Waals surface area contributed by atoms with Gasteiger partial charge in [-0.05, 0) is 81.0 Å². The summed E-state index contributed by atoms with van der Waals surface area (Å²) in [4.78, 5) is 12.3. The number of ketones is 1. The molecule has 0 saturated heterocycles. The average molecular weight is 306 g/mol. The van der Waals surface area contributed by atoms with Gasteiger partial charge in [-0.15, -0.1) is 0 Å². The summed E-state index contributed by atoms with van der Waals surface area (Å²) in [6.07, 6.45) is 7.57. The Morgan fingerprint density at radius 2 is 1.82 bits per heavy atom. The first-order valence-electron chi connectivity index (χ1n) is 9.33. The average Bonchev–Trinajstić information content (AvgIpc) is 3.08. The molecule has 0 aliphatic heterocycles. The molecule has 5 saturated carbocycles. The molecule has 5 aliphatic rings. The molecule has 122 valence electrons. The molecule has 0 bridgehead atoms. The minimum atomic E-state index is -1.05. The molecule has 5 fully saturated rings. The fourth-order valence-electron chi connectivity index (χ4n) is 7.38. The number of fused-ring (bicyclic) bond motifs is 7. The summed E-state index contributed by atoms with van der Waals surface area (Å²) in [6.45, 7) is 2.15. The second kappa shape index (κ2) is 3.96. The van der Waals surface area contributed by atoms with Crippen molar-refractivity contribution in [1.82, 2.24) is 0 Å². The molecule has 1 N–H and O–H groups in total. The van der Waals surface area contributed by atoms with Crippen molar-refractivity contribution in [3.63, 3.8) is 0 Å². The van der Waals surface area contributed by atoms with Gasteiger partial charge in [0.05, 0.1) is 5.60 Å². The lowest BCUT2D eigenvalue weighted by Gasteiger charge is -2.57. The molecule has 0 aromatic rings. The lowest BCUT2D eigenvalue weighted by molar-refractivity contribution is -0.153. The van der Waals surface area contributed by atoms with Gasteiger partial charge in [0, 0.05) is 11.8 Å². The van der Waals surface area contributed by atoms with Crippen LogP contribution in [0.25, 0.3) is 0 Å². The van der Waals surface area contributed by atoms with Crippen molar-refractivity contribution in [2.75, 3.05) is 0 Å². The highest BCUT2D eigenvalue weighted by Gasteiger charge is 2.70. The first-order chi connectivity index (χ1) is 10.4. The highest BCUT2D eigenvalue weighted by atomic mass is 19.1. The van der Waals surface area contributed by atoms with E-state index in [4.69, 9.17) is 0 Å². The van der Waals surface area contributed by atoms with Crippen LogP contribution in [-0.2, 0) is 4.79 Å². The van der Waals surface area contributed by atoms with Crippen molar-refractivity contribution in [2.24, 2.45) is 35.0 Å². The predicted molar refractivity (Wildman–Crippen MR) is 80.9 cm³/mol. The second-order valence-corrected chi connectivity index (χ2v) is 9.32. The van der Waals surface area contributed by atoms with E-state index in [2.05, 4.69) is 6.92 Å². The van der Waals surface area contributed by atoms with Crippen molar-refractivity contribution in [3.8, 4) is 0 Å². The van der Waals surface area contributed by atoms with Crippen molar-refractivity contribution in [3.05, 3.63) is 0 Å². The molecule has 8 atom stereocenters.